The van der Waals surface area contributed by atoms with E-state index in [1.807, 2.05) is 0 Å². The highest BCUT2D eigenvalue weighted by molar-refractivity contribution is 5.04. The Bertz CT molecular complexity index is 260. The molecular weight excluding hydrogens is 208 g/mol. The van der Waals surface area contributed by atoms with E-state index in [9.17, 15) is 0 Å². The maximum atomic E-state index is 6.17. The topological polar surface area (TPSA) is 29.3 Å². The number of nitrogens with zero attached hydrogens (tertiary/aromatic N) is 1. The van der Waals surface area contributed by atoms with E-state index in [4.69, 9.17) is 5.73 Å². The van der Waals surface area contributed by atoms with Crippen LogP contribution in [0.1, 0.15) is 59.3 Å². The highest BCUT2D eigenvalue weighted by Gasteiger charge is 2.49. The summed E-state index contributed by atoms with van der Waals surface area (Å²) in [6, 6.07) is 0. The molecule has 2 heteroatoms. The Morgan fingerprint density at radius 2 is 1.94 bits per heavy atom. The fourth-order valence-electron chi connectivity index (χ4n) is 4.27. The lowest BCUT2D eigenvalue weighted by Crippen LogP contribution is -2.55. The largest absolute Gasteiger partial charge is 0.329 e. The van der Waals surface area contributed by atoms with Gasteiger partial charge < -0.3 is 5.73 Å². The second kappa shape index (κ2) is 4.89. The van der Waals surface area contributed by atoms with Gasteiger partial charge in [0.25, 0.3) is 0 Å². The zero-order valence-corrected chi connectivity index (χ0v) is 12.0. The number of hydrogen-bond donors (Lipinski definition) is 1. The summed E-state index contributed by atoms with van der Waals surface area (Å²) >= 11 is 0. The van der Waals surface area contributed by atoms with Crippen LogP contribution >= 0.6 is 0 Å². The lowest BCUT2D eigenvalue weighted by molar-refractivity contribution is 0.0733. The van der Waals surface area contributed by atoms with Crippen molar-refractivity contribution < 1.29 is 0 Å². The Kier molecular flexibility index (Phi) is 3.84. The van der Waals surface area contributed by atoms with Gasteiger partial charge in [-0.2, -0.15) is 0 Å². The van der Waals surface area contributed by atoms with Crippen LogP contribution < -0.4 is 5.73 Å². The van der Waals surface area contributed by atoms with Gasteiger partial charge in [-0.05, 0) is 50.0 Å². The van der Waals surface area contributed by atoms with E-state index in [0.29, 0.717) is 11.0 Å². The van der Waals surface area contributed by atoms with E-state index in [0.717, 1.165) is 12.5 Å². The molecule has 2 fully saturated rings. The first-order chi connectivity index (χ1) is 8.12. The van der Waals surface area contributed by atoms with Gasteiger partial charge in [-0.15, -0.1) is 0 Å². The van der Waals surface area contributed by atoms with Crippen LogP contribution in [0.15, 0.2) is 0 Å². The summed E-state index contributed by atoms with van der Waals surface area (Å²) in [6.45, 7) is 10.6. The van der Waals surface area contributed by atoms with Gasteiger partial charge in [0.15, 0.2) is 0 Å². The number of rotatable bonds is 4. The van der Waals surface area contributed by atoms with Crippen LogP contribution in [-0.2, 0) is 0 Å². The maximum absolute atomic E-state index is 6.17. The van der Waals surface area contributed by atoms with Gasteiger partial charge in [0.05, 0.1) is 0 Å². The molecule has 2 N–H and O–H groups in total. The van der Waals surface area contributed by atoms with Crippen molar-refractivity contribution >= 4 is 0 Å². The van der Waals surface area contributed by atoms with Crippen molar-refractivity contribution in [2.45, 2.75) is 64.8 Å². The Morgan fingerprint density at radius 3 is 2.35 bits per heavy atom. The van der Waals surface area contributed by atoms with Crippen LogP contribution in [0, 0.1) is 11.3 Å². The van der Waals surface area contributed by atoms with E-state index in [1.54, 1.807) is 0 Å². The first kappa shape index (κ1) is 13.4. The predicted octanol–water partition coefficient (Wildman–Crippen LogP) is 3.02. The van der Waals surface area contributed by atoms with Crippen molar-refractivity contribution in [2.75, 3.05) is 19.6 Å². The SMILES string of the molecule is CCC1(CC)CCN(C2(CN)CCCC2C)C1. The zero-order chi connectivity index (χ0) is 12.5. The molecule has 0 radical (unpaired) electrons. The van der Waals surface area contributed by atoms with Crippen molar-refractivity contribution in [3.8, 4) is 0 Å². The van der Waals surface area contributed by atoms with Crippen molar-refractivity contribution in [1.82, 2.24) is 4.90 Å². The number of hydrogen-bond acceptors (Lipinski definition) is 2. The number of nitrogens with two attached hydrogens (primary N) is 1. The molecule has 100 valence electrons. The average molecular weight is 238 g/mol. The molecule has 1 heterocycles. The van der Waals surface area contributed by atoms with E-state index < -0.39 is 0 Å². The van der Waals surface area contributed by atoms with Crippen molar-refractivity contribution in [2.24, 2.45) is 17.1 Å². The van der Waals surface area contributed by atoms with Gasteiger partial charge in [0.2, 0.25) is 0 Å². The van der Waals surface area contributed by atoms with Crippen molar-refractivity contribution in [3.05, 3.63) is 0 Å². The second-order valence-electron chi connectivity index (χ2n) is 6.48. The summed E-state index contributed by atoms with van der Waals surface area (Å²) in [5.41, 5.74) is 7.10. The lowest BCUT2D eigenvalue weighted by atomic mass is 9.81. The van der Waals surface area contributed by atoms with Gasteiger partial charge in [-0.1, -0.05) is 27.2 Å². The normalized spacial score (nSPS) is 37.8. The molecule has 0 aromatic heterocycles. The minimum atomic E-state index is 0.339. The Labute approximate surface area is 107 Å². The first-order valence-corrected chi connectivity index (χ1v) is 7.57. The Morgan fingerprint density at radius 1 is 1.24 bits per heavy atom. The molecule has 1 saturated carbocycles. The molecule has 2 nitrogen and oxygen atoms in total. The first-order valence-electron chi connectivity index (χ1n) is 7.57. The van der Waals surface area contributed by atoms with Crippen LogP contribution in [0.2, 0.25) is 0 Å². The third-order valence-electron chi connectivity index (χ3n) is 6.09. The van der Waals surface area contributed by atoms with Crippen LogP contribution in [0.25, 0.3) is 0 Å². The van der Waals surface area contributed by atoms with E-state index in [-0.39, 0.29) is 0 Å². The summed E-state index contributed by atoms with van der Waals surface area (Å²) in [5, 5.41) is 0. The summed E-state index contributed by atoms with van der Waals surface area (Å²) < 4.78 is 0. The van der Waals surface area contributed by atoms with E-state index in [2.05, 4.69) is 25.7 Å². The summed E-state index contributed by atoms with van der Waals surface area (Å²) in [6.07, 6.45) is 8.12. The second-order valence-corrected chi connectivity index (χ2v) is 6.48. The van der Waals surface area contributed by atoms with Gasteiger partial charge in [0, 0.05) is 18.6 Å². The Balaban J connectivity index is 2.13. The molecule has 0 aromatic carbocycles. The fraction of sp³-hybridized carbons (Fsp3) is 1.00. The lowest BCUT2D eigenvalue weighted by Gasteiger charge is -2.43. The van der Waals surface area contributed by atoms with Crippen LogP contribution in [0.4, 0.5) is 0 Å². The summed E-state index contributed by atoms with van der Waals surface area (Å²) in [7, 11) is 0. The molecular formula is C15H30N2. The standard InChI is InChI=1S/C15H30N2/c1-4-14(5-2)9-10-17(12-14)15(11-16)8-6-7-13(15)3/h13H,4-12,16H2,1-3H3. The molecule has 2 rings (SSSR count). The van der Waals surface area contributed by atoms with Crippen LogP contribution in [-0.4, -0.2) is 30.1 Å². The maximum Gasteiger partial charge on any atom is 0.0357 e. The Hall–Kier alpha value is -0.0800. The molecule has 2 atom stereocenters. The summed E-state index contributed by atoms with van der Waals surface area (Å²) in [5.74, 6) is 0.789. The number of likely N-dealkylation sites (tertiary alicyclic amines) is 1. The summed E-state index contributed by atoms with van der Waals surface area (Å²) in [4.78, 5) is 2.76. The molecule has 1 saturated heterocycles. The molecule has 1 aliphatic carbocycles. The fourth-order valence-corrected chi connectivity index (χ4v) is 4.27. The molecule has 1 aliphatic heterocycles. The smallest absolute Gasteiger partial charge is 0.0357 e. The van der Waals surface area contributed by atoms with E-state index in [1.165, 1.54) is 51.6 Å². The highest BCUT2D eigenvalue weighted by atomic mass is 15.2. The monoisotopic (exact) mass is 238 g/mol. The van der Waals surface area contributed by atoms with E-state index >= 15 is 0 Å². The molecule has 0 spiro atoms. The predicted molar refractivity (Wildman–Crippen MR) is 74.0 cm³/mol. The van der Waals surface area contributed by atoms with Crippen molar-refractivity contribution in [1.29, 1.82) is 0 Å². The van der Waals surface area contributed by atoms with Gasteiger partial charge in [-0.3, -0.25) is 4.90 Å². The third-order valence-corrected chi connectivity index (χ3v) is 6.09. The highest BCUT2D eigenvalue weighted by Crippen LogP contribution is 2.46. The minimum absolute atomic E-state index is 0.339. The third kappa shape index (κ3) is 2.04. The van der Waals surface area contributed by atoms with Gasteiger partial charge in [0.1, 0.15) is 0 Å². The van der Waals surface area contributed by atoms with Gasteiger partial charge >= 0.3 is 0 Å². The quantitative estimate of drug-likeness (QED) is 0.816. The zero-order valence-electron chi connectivity index (χ0n) is 12.0. The molecule has 0 aromatic rings. The molecule has 2 unspecified atom stereocenters. The van der Waals surface area contributed by atoms with Crippen LogP contribution in [0.3, 0.4) is 0 Å². The van der Waals surface area contributed by atoms with Crippen molar-refractivity contribution in [3.63, 3.8) is 0 Å². The molecule has 0 bridgehead atoms. The van der Waals surface area contributed by atoms with Gasteiger partial charge in [-0.25, -0.2) is 0 Å². The minimum Gasteiger partial charge on any atom is -0.329 e. The molecule has 2 aliphatic rings. The molecule has 17 heavy (non-hydrogen) atoms. The van der Waals surface area contributed by atoms with Crippen LogP contribution in [0.5, 0.6) is 0 Å². The molecule has 0 amide bonds. The average Bonchev–Trinajstić information content (AvgIpc) is 2.94.